The summed E-state index contributed by atoms with van der Waals surface area (Å²) in [5, 5.41) is 11.0. The molecule has 2 atom stereocenters. The number of rotatable bonds is 4. The average Bonchev–Trinajstić information content (AvgIpc) is 2.44. The highest BCUT2D eigenvalue weighted by molar-refractivity contribution is 6.30. The Morgan fingerprint density at radius 3 is 2.20 bits per heavy atom. The number of halogens is 3. The van der Waals surface area contributed by atoms with Crippen molar-refractivity contribution in [2.24, 2.45) is 5.73 Å². The Labute approximate surface area is 126 Å². The predicted molar refractivity (Wildman–Crippen MR) is 79.6 cm³/mol. The minimum absolute atomic E-state index is 0.0248. The van der Waals surface area contributed by atoms with E-state index in [0.29, 0.717) is 10.6 Å². The van der Waals surface area contributed by atoms with Gasteiger partial charge in [0.15, 0.2) is 0 Å². The molecule has 0 aliphatic heterocycles. The lowest BCUT2D eigenvalue weighted by Gasteiger charge is -2.22. The molecule has 0 saturated carbocycles. The van der Waals surface area contributed by atoms with Crippen molar-refractivity contribution in [2.45, 2.75) is 12.0 Å². The Bertz CT molecular complexity index is 589. The third-order valence-corrected chi connectivity index (χ3v) is 3.78. The van der Waals surface area contributed by atoms with Crippen molar-refractivity contribution in [1.29, 1.82) is 0 Å². The van der Waals surface area contributed by atoms with Crippen molar-refractivity contribution < 1.29 is 9.50 Å². The summed E-state index contributed by atoms with van der Waals surface area (Å²) in [5.41, 5.74) is 7.03. The van der Waals surface area contributed by atoms with Crippen molar-refractivity contribution in [2.75, 3.05) is 6.54 Å². The van der Waals surface area contributed by atoms with Gasteiger partial charge in [-0.1, -0.05) is 41.4 Å². The second-order valence-electron chi connectivity index (χ2n) is 4.51. The van der Waals surface area contributed by atoms with Crippen molar-refractivity contribution in [3.8, 4) is 0 Å². The third kappa shape index (κ3) is 3.30. The molecule has 0 heterocycles. The van der Waals surface area contributed by atoms with Gasteiger partial charge in [0.2, 0.25) is 0 Å². The van der Waals surface area contributed by atoms with Gasteiger partial charge in [-0.15, -0.1) is 0 Å². The van der Waals surface area contributed by atoms with Crippen LogP contribution in [-0.2, 0) is 0 Å². The molecule has 2 rings (SSSR count). The standard InChI is InChI=1S/C15H14Cl2FNO/c16-11-4-1-9(2-5-11)12(8-19)15(20)10-3-6-13(17)14(18)7-10/h1-7,12,15,20H,8,19H2. The molecule has 2 aromatic rings. The van der Waals surface area contributed by atoms with E-state index in [0.717, 1.165) is 5.56 Å². The van der Waals surface area contributed by atoms with E-state index in [2.05, 4.69) is 0 Å². The van der Waals surface area contributed by atoms with E-state index >= 15 is 0 Å². The first-order chi connectivity index (χ1) is 9.52. The van der Waals surface area contributed by atoms with E-state index in [9.17, 15) is 9.50 Å². The molecule has 2 aromatic carbocycles. The molecule has 0 bridgehead atoms. The molecule has 3 N–H and O–H groups in total. The predicted octanol–water partition coefficient (Wildman–Crippen LogP) is 3.91. The Hall–Kier alpha value is -1.13. The quantitative estimate of drug-likeness (QED) is 0.899. The Kier molecular flexibility index (Phi) is 5.00. The number of aliphatic hydroxyl groups excluding tert-OH is 1. The summed E-state index contributed by atoms with van der Waals surface area (Å²) in [7, 11) is 0. The van der Waals surface area contributed by atoms with Gasteiger partial charge in [0.25, 0.3) is 0 Å². The minimum atomic E-state index is -0.909. The largest absolute Gasteiger partial charge is 0.388 e. The number of hydrogen-bond acceptors (Lipinski definition) is 2. The van der Waals surface area contributed by atoms with E-state index in [1.807, 2.05) is 0 Å². The molecule has 0 radical (unpaired) electrons. The summed E-state index contributed by atoms with van der Waals surface area (Å²) in [4.78, 5) is 0. The highest BCUT2D eigenvalue weighted by Crippen LogP contribution is 2.32. The minimum Gasteiger partial charge on any atom is -0.388 e. The summed E-state index contributed by atoms with van der Waals surface area (Å²) < 4.78 is 13.5. The number of nitrogens with two attached hydrogens (primary N) is 1. The summed E-state index contributed by atoms with van der Waals surface area (Å²) in [6.07, 6.45) is -0.909. The zero-order valence-electron chi connectivity index (χ0n) is 10.6. The monoisotopic (exact) mass is 313 g/mol. The van der Waals surface area contributed by atoms with Crippen LogP contribution in [0.25, 0.3) is 0 Å². The molecule has 0 fully saturated rings. The van der Waals surface area contributed by atoms with Crippen LogP contribution in [0.4, 0.5) is 4.39 Å². The highest BCUT2D eigenvalue weighted by Gasteiger charge is 2.22. The van der Waals surface area contributed by atoms with Crippen LogP contribution >= 0.6 is 23.2 Å². The molecule has 0 aliphatic carbocycles. The van der Waals surface area contributed by atoms with Crippen LogP contribution in [0.1, 0.15) is 23.1 Å². The van der Waals surface area contributed by atoms with Crippen molar-refractivity contribution in [3.63, 3.8) is 0 Å². The van der Waals surface area contributed by atoms with Gasteiger partial charge in [0, 0.05) is 17.5 Å². The number of benzene rings is 2. The van der Waals surface area contributed by atoms with Gasteiger partial charge in [-0.25, -0.2) is 4.39 Å². The van der Waals surface area contributed by atoms with E-state index in [1.54, 1.807) is 30.3 Å². The molecular weight excluding hydrogens is 300 g/mol. The van der Waals surface area contributed by atoms with Gasteiger partial charge in [0.05, 0.1) is 11.1 Å². The molecule has 106 valence electrons. The Morgan fingerprint density at radius 2 is 1.65 bits per heavy atom. The highest BCUT2D eigenvalue weighted by atomic mass is 35.5. The van der Waals surface area contributed by atoms with Crippen LogP contribution < -0.4 is 5.73 Å². The van der Waals surface area contributed by atoms with E-state index < -0.39 is 11.9 Å². The van der Waals surface area contributed by atoms with Crippen molar-refractivity contribution in [1.82, 2.24) is 0 Å². The fourth-order valence-electron chi connectivity index (χ4n) is 2.09. The molecule has 0 aliphatic rings. The zero-order valence-corrected chi connectivity index (χ0v) is 12.1. The average molecular weight is 314 g/mol. The molecule has 0 aromatic heterocycles. The van der Waals surface area contributed by atoms with Crippen molar-refractivity contribution >= 4 is 23.2 Å². The molecular formula is C15H14Cl2FNO. The van der Waals surface area contributed by atoms with Crippen LogP contribution in [0.2, 0.25) is 10.0 Å². The Morgan fingerprint density at radius 1 is 1.05 bits per heavy atom. The van der Waals surface area contributed by atoms with Gasteiger partial charge in [0.1, 0.15) is 5.82 Å². The zero-order chi connectivity index (χ0) is 14.7. The van der Waals surface area contributed by atoms with Crippen LogP contribution in [0.3, 0.4) is 0 Å². The van der Waals surface area contributed by atoms with Crippen LogP contribution in [0, 0.1) is 5.82 Å². The van der Waals surface area contributed by atoms with E-state index in [-0.39, 0.29) is 17.5 Å². The maximum absolute atomic E-state index is 13.5. The first kappa shape index (κ1) is 15.3. The second-order valence-corrected chi connectivity index (χ2v) is 5.36. The van der Waals surface area contributed by atoms with Gasteiger partial charge in [-0.3, -0.25) is 0 Å². The maximum atomic E-state index is 13.5. The van der Waals surface area contributed by atoms with Crippen molar-refractivity contribution in [3.05, 3.63) is 69.5 Å². The smallest absolute Gasteiger partial charge is 0.142 e. The van der Waals surface area contributed by atoms with Gasteiger partial charge < -0.3 is 10.8 Å². The normalized spacial score (nSPS) is 14.1. The van der Waals surface area contributed by atoms with Gasteiger partial charge in [-0.05, 0) is 35.4 Å². The van der Waals surface area contributed by atoms with Crippen LogP contribution in [0.5, 0.6) is 0 Å². The maximum Gasteiger partial charge on any atom is 0.142 e. The summed E-state index contributed by atoms with van der Waals surface area (Å²) in [6.45, 7) is 0.229. The second kappa shape index (κ2) is 6.55. The molecule has 5 heteroatoms. The van der Waals surface area contributed by atoms with E-state index in [1.165, 1.54) is 12.1 Å². The molecule has 0 amide bonds. The Balaban J connectivity index is 2.30. The van der Waals surface area contributed by atoms with Gasteiger partial charge >= 0.3 is 0 Å². The number of aliphatic hydroxyl groups is 1. The molecule has 0 spiro atoms. The third-order valence-electron chi connectivity index (χ3n) is 3.22. The summed E-state index contributed by atoms with van der Waals surface area (Å²) >= 11 is 11.5. The summed E-state index contributed by atoms with van der Waals surface area (Å²) in [5.74, 6) is -0.900. The first-order valence-corrected chi connectivity index (χ1v) is 6.87. The van der Waals surface area contributed by atoms with E-state index in [4.69, 9.17) is 28.9 Å². The lowest BCUT2D eigenvalue weighted by Crippen LogP contribution is -2.20. The number of hydrogen-bond donors (Lipinski definition) is 2. The van der Waals surface area contributed by atoms with Gasteiger partial charge in [-0.2, -0.15) is 0 Å². The molecule has 20 heavy (non-hydrogen) atoms. The lowest BCUT2D eigenvalue weighted by atomic mass is 9.89. The summed E-state index contributed by atoms with van der Waals surface area (Å²) in [6, 6.07) is 11.3. The van der Waals surface area contributed by atoms with Crippen LogP contribution in [0.15, 0.2) is 42.5 Å². The SMILES string of the molecule is NCC(c1ccc(Cl)cc1)C(O)c1ccc(Cl)c(F)c1. The van der Waals surface area contributed by atoms with Crippen LogP contribution in [-0.4, -0.2) is 11.7 Å². The molecule has 2 nitrogen and oxygen atoms in total. The first-order valence-electron chi connectivity index (χ1n) is 6.11. The fourth-order valence-corrected chi connectivity index (χ4v) is 2.33. The molecule has 2 unspecified atom stereocenters. The molecule has 0 saturated heterocycles. The lowest BCUT2D eigenvalue weighted by molar-refractivity contribution is 0.147. The fraction of sp³-hybridized carbons (Fsp3) is 0.200. The topological polar surface area (TPSA) is 46.2 Å².